The average Bonchev–Trinajstić information content (AvgIpc) is 2.80. The van der Waals surface area contributed by atoms with Crippen molar-refractivity contribution in [3.63, 3.8) is 0 Å². The van der Waals surface area contributed by atoms with Gasteiger partial charge in [-0.15, -0.1) is 0 Å². The maximum atomic E-state index is 5.67. The molecule has 3 nitrogen and oxygen atoms in total. The van der Waals surface area contributed by atoms with Gasteiger partial charge in [-0.3, -0.25) is 0 Å². The Labute approximate surface area is 90.4 Å². The Balaban J connectivity index is 1.82. The highest BCUT2D eigenvalue weighted by atomic mass is 16.5. The number of ether oxygens (including phenoxy) is 2. The van der Waals surface area contributed by atoms with Crippen LogP contribution in [0.15, 0.2) is 24.3 Å². The summed E-state index contributed by atoms with van der Waals surface area (Å²) in [5, 5.41) is 3.40. The zero-order valence-electron chi connectivity index (χ0n) is 9.03. The zero-order chi connectivity index (χ0) is 10.5. The largest absolute Gasteiger partial charge is 0.497 e. The molecule has 1 unspecified atom stereocenters. The van der Waals surface area contributed by atoms with Gasteiger partial charge in [0, 0.05) is 6.04 Å². The quantitative estimate of drug-likeness (QED) is 0.817. The highest BCUT2D eigenvalue weighted by Gasteiger charge is 2.14. The van der Waals surface area contributed by atoms with E-state index in [2.05, 4.69) is 5.32 Å². The summed E-state index contributed by atoms with van der Waals surface area (Å²) in [6, 6.07) is 8.23. The van der Waals surface area contributed by atoms with Gasteiger partial charge in [-0.2, -0.15) is 0 Å². The van der Waals surface area contributed by atoms with Gasteiger partial charge in [0.25, 0.3) is 0 Å². The van der Waals surface area contributed by atoms with Crippen LogP contribution in [0.1, 0.15) is 12.8 Å². The topological polar surface area (TPSA) is 30.5 Å². The summed E-state index contributed by atoms with van der Waals surface area (Å²) in [5.41, 5.74) is 0. The van der Waals surface area contributed by atoms with Crippen molar-refractivity contribution in [2.24, 2.45) is 0 Å². The van der Waals surface area contributed by atoms with Gasteiger partial charge in [0.05, 0.1) is 7.11 Å². The highest BCUT2D eigenvalue weighted by molar-refractivity contribution is 5.31. The minimum atomic E-state index is 0.520. The van der Waals surface area contributed by atoms with E-state index in [1.165, 1.54) is 12.8 Å². The van der Waals surface area contributed by atoms with Gasteiger partial charge in [0.1, 0.15) is 18.1 Å². The van der Waals surface area contributed by atoms with Gasteiger partial charge < -0.3 is 14.8 Å². The van der Waals surface area contributed by atoms with Gasteiger partial charge in [-0.1, -0.05) is 0 Å². The van der Waals surface area contributed by atoms with E-state index in [0.29, 0.717) is 6.04 Å². The molecule has 0 radical (unpaired) electrons. The fraction of sp³-hybridized carbons (Fsp3) is 0.500. The summed E-state index contributed by atoms with van der Waals surface area (Å²) in [6.45, 7) is 1.88. The predicted octanol–water partition coefficient (Wildman–Crippen LogP) is 1.83. The summed E-state index contributed by atoms with van der Waals surface area (Å²) in [4.78, 5) is 0. The molecule has 0 aliphatic carbocycles. The van der Waals surface area contributed by atoms with Crippen molar-refractivity contribution >= 4 is 0 Å². The standard InChI is InChI=1S/C12H17NO2/c1-14-11-4-6-12(7-5-11)15-9-10-3-2-8-13-10/h4-7,10,13H,2-3,8-9H2,1H3. The number of hydrogen-bond acceptors (Lipinski definition) is 3. The molecule has 1 saturated heterocycles. The molecule has 15 heavy (non-hydrogen) atoms. The first-order valence-electron chi connectivity index (χ1n) is 5.39. The summed E-state index contributed by atoms with van der Waals surface area (Å²) < 4.78 is 10.8. The molecule has 0 spiro atoms. The second-order valence-electron chi connectivity index (χ2n) is 3.78. The van der Waals surface area contributed by atoms with E-state index in [9.17, 15) is 0 Å². The molecule has 1 aromatic rings. The zero-order valence-corrected chi connectivity index (χ0v) is 9.03. The fourth-order valence-corrected chi connectivity index (χ4v) is 1.77. The first kappa shape index (κ1) is 10.3. The normalized spacial score (nSPS) is 20.2. The maximum Gasteiger partial charge on any atom is 0.119 e. The molecule has 82 valence electrons. The van der Waals surface area contributed by atoms with Crippen LogP contribution in [-0.2, 0) is 0 Å². The summed E-state index contributed by atoms with van der Waals surface area (Å²) in [7, 11) is 1.66. The van der Waals surface area contributed by atoms with Crippen molar-refractivity contribution in [1.29, 1.82) is 0 Å². The molecule has 1 heterocycles. The number of nitrogens with one attached hydrogen (secondary N) is 1. The van der Waals surface area contributed by atoms with Gasteiger partial charge in [-0.05, 0) is 43.7 Å². The van der Waals surface area contributed by atoms with Crippen LogP contribution in [0.3, 0.4) is 0 Å². The average molecular weight is 207 g/mol. The molecular weight excluding hydrogens is 190 g/mol. The van der Waals surface area contributed by atoms with E-state index in [4.69, 9.17) is 9.47 Å². The molecule has 1 atom stereocenters. The highest BCUT2D eigenvalue weighted by Crippen LogP contribution is 2.17. The van der Waals surface area contributed by atoms with Crippen molar-refractivity contribution < 1.29 is 9.47 Å². The van der Waals surface area contributed by atoms with Gasteiger partial charge in [0.15, 0.2) is 0 Å². The molecule has 0 amide bonds. The second-order valence-corrected chi connectivity index (χ2v) is 3.78. The molecule has 1 aliphatic rings. The Kier molecular flexibility index (Phi) is 3.45. The molecule has 0 aromatic heterocycles. The van der Waals surface area contributed by atoms with E-state index in [-0.39, 0.29) is 0 Å². The Morgan fingerprint density at radius 1 is 1.27 bits per heavy atom. The van der Waals surface area contributed by atoms with E-state index in [1.807, 2.05) is 24.3 Å². The van der Waals surface area contributed by atoms with Crippen LogP contribution >= 0.6 is 0 Å². The van der Waals surface area contributed by atoms with E-state index >= 15 is 0 Å². The summed E-state index contributed by atoms with van der Waals surface area (Å²) in [5.74, 6) is 1.77. The minimum Gasteiger partial charge on any atom is -0.497 e. The lowest BCUT2D eigenvalue weighted by atomic mass is 10.2. The molecule has 2 rings (SSSR count). The fourth-order valence-electron chi connectivity index (χ4n) is 1.77. The maximum absolute atomic E-state index is 5.67. The number of rotatable bonds is 4. The van der Waals surface area contributed by atoms with Crippen LogP contribution < -0.4 is 14.8 Å². The van der Waals surface area contributed by atoms with Crippen LogP contribution in [0.25, 0.3) is 0 Å². The molecule has 1 aromatic carbocycles. The van der Waals surface area contributed by atoms with E-state index in [0.717, 1.165) is 24.7 Å². The van der Waals surface area contributed by atoms with Crippen LogP contribution in [0.5, 0.6) is 11.5 Å². The SMILES string of the molecule is COc1ccc(OCC2CCCN2)cc1. The van der Waals surface area contributed by atoms with Crippen molar-refractivity contribution in [2.75, 3.05) is 20.3 Å². The molecule has 3 heteroatoms. The van der Waals surface area contributed by atoms with Gasteiger partial charge in [-0.25, -0.2) is 0 Å². The lowest BCUT2D eigenvalue weighted by Crippen LogP contribution is -2.28. The summed E-state index contributed by atoms with van der Waals surface area (Å²) >= 11 is 0. The van der Waals surface area contributed by atoms with Crippen LogP contribution in [0.2, 0.25) is 0 Å². The molecule has 1 N–H and O–H groups in total. The van der Waals surface area contributed by atoms with Crippen LogP contribution in [-0.4, -0.2) is 26.3 Å². The van der Waals surface area contributed by atoms with Gasteiger partial charge in [0.2, 0.25) is 0 Å². The van der Waals surface area contributed by atoms with Crippen molar-refractivity contribution in [3.8, 4) is 11.5 Å². The first-order chi connectivity index (χ1) is 7.38. The summed E-state index contributed by atoms with van der Waals surface area (Å²) in [6.07, 6.45) is 2.48. The molecule has 1 fully saturated rings. The number of benzene rings is 1. The molecular formula is C12H17NO2. The lowest BCUT2D eigenvalue weighted by molar-refractivity contribution is 0.277. The lowest BCUT2D eigenvalue weighted by Gasteiger charge is -2.12. The van der Waals surface area contributed by atoms with E-state index < -0.39 is 0 Å². The third kappa shape index (κ3) is 2.86. The second kappa shape index (κ2) is 5.03. The Morgan fingerprint density at radius 2 is 2.00 bits per heavy atom. The molecule has 0 bridgehead atoms. The third-order valence-electron chi connectivity index (χ3n) is 2.67. The Bertz CT molecular complexity index is 291. The number of hydrogen-bond donors (Lipinski definition) is 1. The third-order valence-corrected chi connectivity index (χ3v) is 2.67. The number of methoxy groups -OCH3 is 1. The van der Waals surface area contributed by atoms with Crippen LogP contribution in [0.4, 0.5) is 0 Å². The van der Waals surface area contributed by atoms with Crippen LogP contribution in [0, 0.1) is 0 Å². The van der Waals surface area contributed by atoms with Gasteiger partial charge >= 0.3 is 0 Å². The van der Waals surface area contributed by atoms with E-state index in [1.54, 1.807) is 7.11 Å². The minimum absolute atomic E-state index is 0.520. The predicted molar refractivity (Wildman–Crippen MR) is 59.5 cm³/mol. The smallest absolute Gasteiger partial charge is 0.119 e. The van der Waals surface area contributed by atoms with Crippen molar-refractivity contribution in [1.82, 2.24) is 5.32 Å². The molecule has 1 aliphatic heterocycles. The monoisotopic (exact) mass is 207 g/mol. The van der Waals surface area contributed by atoms with Crippen molar-refractivity contribution in [3.05, 3.63) is 24.3 Å². The Morgan fingerprint density at radius 3 is 2.60 bits per heavy atom. The van der Waals surface area contributed by atoms with Crippen molar-refractivity contribution in [2.45, 2.75) is 18.9 Å². The molecule has 0 saturated carbocycles. The first-order valence-corrected chi connectivity index (χ1v) is 5.39. The Hall–Kier alpha value is -1.22.